The Balaban J connectivity index is 2.16. The lowest BCUT2D eigenvalue weighted by Crippen LogP contribution is -2.45. The predicted molar refractivity (Wildman–Crippen MR) is 89.4 cm³/mol. The highest BCUT2D eigenvalue weighted by Crippen LogP contribution is 2.30. The minimum Gasteiger partial charge on any atom is -0.443 e. The first-order valence-corrected chi connectivity index (χ1v) is 7.93. The van der Waals surface area contributed by atoms with Gasteiger partial charge in [-0.3, -0.25) is 4.79 Å². The maximum atomic E-state index is 12.4. The topological polar surface area (TPSA) is 75.4 Å². The van der Waals surface area contributed by atoms with Crippen LogP contribution in [0.1, 0.15) is 37.7 Å². The molecule has 2 unspecified atom stereocenters. The molecule has 0 aliphatic rings. The Morgan fingerprint density at radius 1 is 1.48 bits per heavy atom. The van der Waals surface area contributed by atoms with Gasteiger partial charge in [0.05, 0.1) is 10.6 Å². The molecule has 2 atom stereocenters. The van der Waals surface area contributed by atoms with Gasteiger partial charge in [-0.25, -0.2) is 4.98 Å². The zero-order valence-electron chi connectivity index (χ0n) is 13.5. The second-order valence-electron chi connectivity index (χ2n) is 5.86. The van der Waals surface area contributed by atoms with E-state index in [1.54, 1.807) is 31.2 Å². The molecule has 2 aromatic rings. The molecule has 0 saturated heterocycles. The van der Waals surface area contributed by atoms with Crippen molar-refractivity contribution in [1.82, 2.24) is 10.3 Å². The number of hydrogen-bond donors (Lipinski definition) is 2. The summed E-state index contributed by atoms with van der Waals surface area (Å²) in [5.74, 6) is -0.0309. The molecule has 2 N–H and O–H groups in total. The number of benzene rings is 1. The summed E-state index contributed by atoms with van der Waals surface area (Å²) < 4.78 is 5.33. The molecule has 1 aromatic carbocycles. The third-order valence-electron chi connectivity index (χ3n) is 4.18. The highest BCUT2D eigenvalue weighted by molar-refractivity contribution is 6.33. The van der Waals surface area contributed by atoms with E-state index < -0.39 is 11.5 Å². The molecule has 0 radical (unpaired) electrons. The van der Waals surface area contributed by atoms with Crippen molar-refractivity contribution in [2.75, 3.05) is 6.54 Å². The van der Waals surface area contributed by atoms with Crippen molar-refractivity contribution < 1.29 is 14.3 Å². The number of halogens is 1. The van der Waals surface area contributed by atoms with E-state index in [9.17, 15) is 9.90 Å². The zero-order valence-corrected chi connectivity index (χ0v) is 14.2. The third kappa shape index (κ3) is 3.92. The number of carbonyl (C=O) groups is 1. The van der Waals surface area contributed by atoms with Crippen LogP contribution in [0.3, 0.4) is 0 Å². The van der Waals surface area contributed by atoms with E-state index in [0.717, 1.165) is 6.42 Å². The molecular formula is C17H21ClN2O3. The van der Waals surface area contributed by atoms with Gasteiger partial charge in [-0.2, -0.15) is 0 Å². The van der Waals surface area contributed by atoms with Gasteiger partial charge in [-0.1, -0.05) is 44.0 Å². The molecule has 1 aromatic heterocycles. The van der Waals surface area contributed by atoms with Gasteiger partial charge < -0.3 is 14.8 Å². The first kappa shape index (κ1) is 17.5. The van der Waals surface area contributed by atoms with E-state index in [1.807, 2.05) is 13.8 Å². The van der Waals surface area contributed by atoms with Gasteiger partial charge in [0.2, 0.25) is 0 Å². The minimum absolute atomic E-state index is 0.0585. The summed E-state index contributed by atoms with van der Waals surface area (Å²) in [5, 5.41) is 13.6. The summed E-state index contributed by atoms with van der Waals surface area (Å²) in [6.07, 6.45) is 2.03. The number of carbonyl (C=O) groups excluding carboxylic acids is 1. The Morgan fingerprint density at radius 2 is 2.17 bits per heavy atom. The number of aliphatic hydroxyl groups is 1. The summed E-state index contributed by atoms with van der Waals surface area (Å²) in [5.41, 5.74) is -0.234. The summed E-state index contributed by atoms with van der Waals surface area (Å²) in [6, 6.07) is 7.08. The second-order valence-corrected chi connectivity index (χ2v) is 6.27. The normalized spacial score (nSPS) is 15.0. The Bertz CT molecular complexity index is 682. The summed E-state index contributed by atoms with van der Waals surface area (Å²) in [4.78, 5) is 16.4. The Kier molecular flexibility index (Phi) is 5.44. The number of hydrogen-bond acceptors (Lipinski definition) is 4. The Morgan fingerprint density at radius 3 is 2.83 bits per heavy atom. The predicted octanol–water partition coefficient (Wildman–Crippen LogP) is 3.52. The molecule has 1 heterocycles. The second kappa shape index (κ2) is 7.15. The average molecular weight is 337 g/mol. The Hall–Kier alpha value is -1.85. The fourth-order valence-electron chi connectivity index (χ4n) is 2.20. The van der Waals surface area contributed by atoms with Gasteiger partial charge in [0.1, 0.15) is 0 Å². The van der Waals surface area contributed by atoms with Crippen LogP contribution in [-0.2, 0) is 0 Å². The van der Waals surface area contributed by atoms with Crippen molar-refractivity contribution in [3.05, 3.63) is 41.4 Å². The van der Waals surface area contributed by atoms with Crippen LogP contribution in [0.15, 0.2) is 35.1 Å². The lowest BCUT2D eigenvalue weighted by Gasteiger charge is -2.29. The molecule has 0 spiro atoms. The van der Waals surface area contributed by atoms with Crippen molar-refractivity contribution in [2.24, 2.45) is 5.92 Å². The molecular weight excluding hydrogens is 316 g/mol. The summed E-state index contributed by atoms with van der Waals surface area (Å²) in [7, 11) is 0. The molecule has 23 heavy (non-hydrogen) atoms. The minimum atomic E-state index is -0.987. The van der Waals surface area contributed by atoms with Gasteiger partial charge in [0.15, 0.2) is 17.8 Å². The van der Waals surface area contributed by atoms with Gasteiger partial charge in [0, 0.05) is 12.1 Å². The van der Waals surface area contributed by atoms with Crippen LogP contribution in [0.25, 0.3) is 11.3 Å². The van der Waals surface area contributed by atoms with Crippen LogP contribution in [0.5, 0.6) is 0 Å². The van der Waals surface area contributed by atoms with Gasteiger partial charge in [-0.15, -0.1) is 0 Å². The third-order valence-corrected chi connectivity index (χ3v) is 4.51. The summed E-state index contributed by atoms with van der Waals surface area (Å²) in [6.45, 7) is 5.78. The first-order chi connectivity index (χ1) is 10.9. The quantitative estimate of drug-likeness (QED) is 0.846. The number of aromatic nitrogens is 1. The average Bonchev–Trinajstić information content (AvgIpc) is 3.01. The molecule has 0 aliphatic carbocycles. The number of amides is 1. The van der Waals surface area contributed by atoms with E-state index in [-0.39, 0.29) is 18.2 Å². The Labute approximate surface area is 140 Å². The van der Waals surface area contributed by atoms with Crippen LogP contribution in [-0.4, -0.2) is 28.1 Å². The van der Waals surface area contributed by atoms with Crippen molar-refractivity contribution >= 4 is 17.5 Å². The maximum absolute atomic E-state index is 12.4. The van der Waals surface area contributed by atoms with Crippen LogP contribution >= 0.6 is 11.6 Å². The molecule has 2 rings (SSSR count). The summed E-state index contributed by atoms with van der Waals surface area (Å²) >= 11 is 6.14. The molecule has 0 aliphatic heterocycles. The van der Waals surface area contributed by atoms with E-state index >= 15 is 0 Å². The van der Waals surface area contributed by atoms with Gasteiger partial charge in [-0.05, 0) is 25.0 Å². The van der Waals surface area contributed by atoms with Gasteiger partial charge >= 0.3 is 0 Å². The van der Waals surface area contributed by atoms with Gasteiger partial charge in [0.25, 0.3) is 5.91 Å². The number of nitrogens with one attached hydrogen (secondary N) is 1. The molecule has 5 nitrogen and oxygen atoms in total. The standard InChI is InChI=1S/C17H21ClN2O3/c1-4-11(2)17(3,22)9-19-16(21)14-15(23-10-20-14)12-7-5-6-8-13(12)18/h5-8,10-11,22H,4,9H2,1-3H3,(H,19,21). The van der Waals surface area contributed by atoms with Crippen molar-refractivity contribution in [2.45, 2.75) is 32.8 Å². The molecule has 6 heteroatoms. The van der Waals surface area contributed by atoms with Crippen LogP contribution in [0.4, 0.5) is 0 Å². The number of nitrogens with zero attached hydrogens (tertiary/aromatic N) is 1. The van der Waals surface area contributed by atoms with Crippen molar-refractivity contribution in [3.63, 3.8) is 0 Å². The number of rotatable bonds is 6. The monoisotopic (exact) mass is 336 g/mol. The fraction of sp³-hybridized carbons (Fsp3) is 0.412. The first-order valence-electron chi connectivity index (χ1n) is 7.55. The van der Waals surface area contributed by atoms with Crippen molar-refractivity contribution in [1.29, 1.82) is 0 Å². The molecule has 0 fully saturated rings. The van der Waals surface area contributed by atoms with E-state index in [2.05, 4.69) is 10.3 Å². The maximum Gasteiger partial charge on any atom is 0.274 e. The highest BCUT2D eigenvalue weighted by Gasteiger charge is 2.29. The van der Waals surface area contributed by atoms with E-state index in [1.165, 1.54) is 6.39 Å². The molecule has 0 bridgehead atoms. The largest absolute Gasteiger partial charge is 0.443 e. The van der Waals surface area contributed by atoms with Crippen molar-refractivity contribution in [3.8, 4) is 11.3 Å². The molecule has 124 valence electrons. The molecule has 0 saturated carbocycles. The highest BCUT2D eigenvalue weighted by atomic mass is 35.5. The van der Waals surface area contributed by atoms with Crippen LogP contribution < -0.4 is 5.32 Å². The lowest BCUT2D eigenvalue weighted by molar-refractivity contribution is 0.00588. The smallest absolute Gasteiger partial charge is 0.274 e. The molecule has 1 amide bonds. The van der Waals surface area contributed by atoms with Crippen LogP contribution in [0, 0.1) is 5.92 Å². The van der Waals surface area contributed by atoms with E-state index in [4.69, 9.17) is 16.0 Å². The lowest BCUT2D eigenvalue weighted by atomic mass is 9.88. The van der Waals surface area contributed by atoms with E-state index in [0.29, 0.717) is 16.3 Å². The number of oxazole rings is 1. The fourth-order valence-corrected chi connectivity index (χ4v) is 2.42. The SMILES string of the molecule is CCC(C)C(C)(O)CNC(=O)c1ncoc1-c1ccccc1Cl. The zero-order chi connectivity index (χ0) is 17.0. The van der Waals surface area contributed by atoms with Crippen LogP contribution in [0.2, 0.25) is 5.02 Å².